The van der Waals surface area contributed by atoms with Gasteiger partial charge in [-0.15, -0.1) is 0 Å². The lowest BCUT2D eigenvalue weighted by molar-refractivity contribution is 0.242. The SMILES string of the molecule is CC(C)Oc1ccc(Oc2ccc(F)cc2F)cc1. The van der Waals surface area contributed by atoms with E-state index in [0.717, 1.165) is 12.1 Å². The van der Waals surface area contributed by atoms with Gasteiger partial charge in [0.1, 0.15) is 17.3 Å². The molecule has 2 aromatic carbocycles. The molecule has 0 aliphatic carbocycles. The van der Waals surface area contributed by atoms with Crippen LogP contribution in [0.3, 0.4) is 0 Å². The van der Waals surface area contributed by atoms with Crippen molar-refractivity contribution in [2.45, 2.75) is 20.0 Å². The molecule has 0 saturated heterocycles. The van der Waals surface area contributed by atoms with Crippen molar-refractivity contribution in [3.63, 3.8) is 0 Å². The van der Waals surface area contributed by atoms with E-state index in [-0.39, 0.29) is 11.9 Å². The Morgan fingerprint density at radius 2 is 1.53 bits per heavy atom. The third kappa shape index (κ3) is 3.68. The quantitative estimate of drug-likeness (QED) is 0.806. The zero-order valence-electron chi connectivity index (χ0n) is 10.7. The first-order valence-corrected chi connectivity index (χ1v) is 5.94. The fraction of sp³-hybridized carbons (Fsp3) is 0.200. The lowest BCUT2D eigenvalue weighted by Crippen LogP contribution is -2.05. The molecule has 0 spiro atoms. The monoisotopic (exact) mass is 264 g/mol. The minimum Gasteiger partial charge on any atom is -0.491 e. The second-order valence-corrected chi connectivity index (χ2v) is 4.31. The molecule has 0 fully saturated rings. The molecule has 0 aliphatic rings. The Morgan fingerprint density at radius 3 is 2.11 bits per heavy atom. The summed E-state index contributed by atoms with van der Waals surface area (Å²) >= 11 is 0. The van der Waals surface area contributed by atoms with Crippen LogP contribution in [-0.2, 0) is 0 Å². The van der Waals surface area contributed by atoms with Gasteiger partial charge in [0, 0.05) is 6.07 Å². The van der Waals surface area contributed by atoms with Crippen LogP contribution in [0.4, 0.5) is 8.78 Å². The third-order valence-corrected chi connectivity index (χ3v) is 2.32. The first kappa shape index (κ1) is 13.3. The molecule has 19 heavy (non-hydrogen) atoms. The molecule has 0 N–H and O–H groups in total. The van der Waals surface area contributed by atoms with Crippen molar-refractivity contribution in [3.05, 3.63) is 54.1 Å². The number of halogens is 2. The van der Waals surface area contributed by atoms with Gasteiger partial charge in [-0.25, -0.2) is 8.78 Å². The molecule has 0 radical (unpaired) electrons. The molecule has 4 heteroatoms. The van der Waals surface area contributed by atoms with Gasteiger partial charge in [-0.1, -0.05) is 0 Å². The van der Waals surface area contributed by atoms with Crippen molar-refractivity contribution in [1.29, 1.82) is 0 Å². The summed E-state index contributed by atoms with van der Waals surface area (Å²) in [6.45, 7) is 3.86. The van der Waals surface area contributed by atoms with E-state index in [2.05, 4.69) is 0 Å². The van der Waals surface area contributed by atoms with Crippen LogP contribution < -0.4 is 9.47 Å². The van der Waals surface area contributed by atoms with Crippen LogP contribution in [0.25, 0.3) is 0 Å². The molecule has 2 rings (SSSR count). The van der Waals surface area contributed by atoms with Gasteiger partial charge in [0.2, 0.25) is 0 Å². The molecule has 0 amide bonds. The van der Waals surface area contributed by atoms with Gasteiger partial charge in [-0.2, -0.15) is 0 Å². The standard InChI is InChI=1S/C15H14F2O2/c1-10(2)18-12-4-6-13(7-5-12)19-15-8-3-11(16)9-14(15)17/h3-10H,1-2H3. The normalized spacial score (nSPS) is 10.6. The van der Waals surface area contributed by atoms with Gasteiger partial charge < -0.3 is 9.47 Å². The van der Waals surface area contributed by atoms with E-state index in [9.17, 15) is 8.78 Å². The van der Waals surface area contributed by atoms with E-state index in [1.165, 1.54) is 6.07 Å². The highest BCUT2D eigenvalue weighted by atomic mass is 19.1. The number of hydrogen-bond acceptors (Lipinski definition) is 2. The molecule has 0 aliphatic heterocycles. The molecule has 0 saturated carbocycles. The zero-order chi connectivity index (χ0) is 13.8. The Bertz CT molecular complexity index is 551. The summed E-state index contributed by atoms with van der Waals surface area (Å²) in [5.74, 6) is -0.212. The van der Waals surface area contributed by atoms with Crippen molar-refractivity contribution >= 4 is 0 Å². The maximum Gasteiger partial charge on any atom is 0.168 e. The molecular formula is C15H14F2O2. The first-order chi connectivity index (χ1) is 9.04. The van der Waals surface area contributed by atoms with E-state index in [4.69, 9.17) is 9.47 Å². The summed E-state index contributed by atoms with van der Waals surface area (Å²) in [5, 5.41) is 0. The van der Waals surface area contributed by atoms with E-state index in [1.807, 2.05) is 13.8 Å². The summed E-state index contributed by atoms with van der Waals surface area (Å²) in [7, 11) is 0. The van der Waals surface area contributed by atoms with Crippen LogP contribution in [0.2, 0.25) is 0 Å². The molecule has 2 aromatic rings. The fourth-order valence-corrected chi connectivity index (χ4v) is 1.54. The minimum atomic E-state index is -0.734. The lowest BCUT2D eigenvalue weighted by Gasteiger charge is -2.11. The second-order valence-electron chi connectivity index (χ2n) is 4.31. The number of hydrogen-bond donors (Lipinski definition) is 0. The highest BCUT2D eigenvalue weighted by Crippen LogP contribution is 2.26. The highest BCUT2D eigenvalue weighted by molar-refractivity contribution is 5.36. The predicted molar refractivity (Wildman–Crippen MR) is 68.6 cm³/mol. The van der Waals surface area contributed by atoms with E-state index in [1.54, 1.807) is 24.3 Å². The number of ether oxygens (including phenoxy) is 2. The molecule has 0 atom stereocenters. The number of rotatable bonds is 4. The van der Waals surface area contributed by atoms with E-state index in [0.29, 0.717) is 11.5 Å². The third-order valence-electron chi connectivity index (χ3n) is 2.32. The maximum absolute atomic E-state index is 13.4. The summed E-state index contributed by atoms with van der Waals surface area (Å²) < 4.78 is 37.0. The molecule has 0 bridgehead atoms. The smallest absolute Gasteiger partial charge is 0.168 e. The van der Waals surface area contributed by atoms with E-state index < -0.39 is 11.6 Å². The predicted octanol–water partition coefficient (Wildman–Crippen LogP) is 4.54. The van der Waals surface area contributed by atoms with Crippen LogP contribution in [0.15, 0.2) is 42.5 Å². The van der Waals surface area contributed by atoms with Crippen molar-refractivity contribution < 1.29 is 18.3 Å². The van der Waals surface area contributed by atoms with Crippen molar-refractivity contribution in [2.75, 3.05) is 0 Å². The van der Waals surface area contributed by atoms with Crippen LogP contribution in [0.1, 0.15) is 13.8 Å². The Balaban J connectivity index is 2.10. The van der Waals surface area contributed by atoms with E-state index >= 15 is 0 Å². The van der Waals surface area contributed by atoms with Crippen molar-refractivity contribution in [3.8, 4) is 17.2 Å². The van der Waals surface area contributed by atoms with Gasteiger partial charge >= 0.3 is 0 Å². The van der Waals surface area contributed by atoms with Gasteiger partial charge in [0.15, 0.2) is 11.6 Å². The molecule has 100 valence electrons. The van der Waals surface area contributed by atoms with Crippen molar-refractivity contribution in [2.24, 2.45) is 0 Å². The Labute approximate surface area is 110 Å². The average Bonchev–Trinajstić information content (AvgIpc) is 2.34. The summed E-state index contributed by atoms with van der Waals surface area (Å²) in [4.78, 5) is 0. The summed E-state index contributed by atoms with van der Waals surface area (Å²) in [6.07, 6.45) is 0.0845. The zero-order valence-corrected chi connectivity index (χ0v) is 10.7. The molecule has 0 heterocycles. The molecule has 0 aromatic heterocycles. The second kappa shape index (κ2) is 5.69. The first-order valence-electron chi connectivity index (χ1n) is 5.94. The van der Waals surface area contributed by atoms with Gasteiger partial charge in [-0.3, -0.25) is 0 Å². The summed E-state index contributed by atoms with van der Waals surface area (Å²) in [6, 6.07) is 9.98. The minimum absolute atomic E-state index is 0.0149. The van der Waals surface area contributed by atoms with Crippen molar-refractivity contribution in [1.82, 2.24) is 0 Å². The van der Waals surface area contributed by atoms with Crippen LogP contribution in [0, 0.1) is 11.6 Å². The average molecular weight is 264 g/mol. The van der Waals surface area contributed by atoms with Crippen LogP contribution >= 0.6 is 0 Å². The molecule has 0 unspecified atom stereocenters. The largest absolute Gasteiger partial charge is 0.491 e. The summed E-state index contributed by atoms with van der Waals surface area (Å²) in [5.41, 5.74) is 0. The van der Waals surface area contributed by atoms with Gasteiger partial charge in [0.05, 0.1) is 6.10 Å². The lowest BCUT2D eigenvalue weighted by atomic mass is 10.3. The molecule has 2 nitrogen and oxygen atoms in total. The topological polar surface area (TPSA) is 18.5 Å². The van der Waals surface area contributed by atoms with Gasteiger partial charge in [-0.05, 0) is 50.2 Å². The molecular weight excluding hydrogens is 250 g/mol. The Hall–Kier alpha value is -2.10. The highest BCUT2D eigenvalue weighted by Gasteiger charge is 2.06. The Morgan fingerprint density at radius 1 is 0.895 bits per heavy atom. The Kier molecular flexibility index (Phi) is 4.00. The van der Waals surface area contributed by atoms with Crippen LogP contribution in [0.5, 0.6) is 17.2 Å². The number of benzene rings is 2. The fourth-order valence-electron chi connectivity index (χ4n) is 1.54. The maximum atomic E-state index is 13.4. The van der Waals surface area contributed by atoms with Crippen LogP contribution in [-0.4, -0.2) is 6.10 Å². The van der Waals surface area contributed by atoms with Gasteiger partial charge in [0.25, 0.3) is 0 Å².